The number of anilines is 1. The number of para-hydroxylation sites is 1. The maximum absolute atomic E-state index is 13.7. The van der Waals surface area contributed by atoms with Crippen LogP contribution < -0.4 is 26.7 Å². The van der Waals surface area contributed by atoms with E-state index in [1.54, 1.807) is 43.5 Å². The fourth-order valence-corrected chi connectivity index (χ4v) is 5.46. The lowest BCUT2D eigenvalue weighted by Crippen LogP contribution is -2.34. The van der Waals surface area contributed by atoms with E-state index in [4.69, 9.17) is 19.7 Å². The number of aryl methyl sites for hydroxylation is 1. The molecule has 0 bridgehead atoms. The molecule has 2 atom stereocenters. The molecule has 4 rings (SSSR count). The number of hydrogen-bond acceptors (Lipinski definition) is 8. The van der Waals surface area contributed by atoms with Crippen LogP contribution >= 0.6 is 7.52 Å². The van der Waals surface area contributed by atoms with Crippen LogP contribution in [0.3, 0.4) is 0 Å². The zero-order valence-electron chi connectivity index (χ0n) is 20.1. The number of carbonyl (C=O) groups excluding carboxylic acids is 1. The number of primary amides is 1. The molecule has 0 radical (unpaired) electrons. The summed E-state index contributed by atoms with van der Waals surface area (Å²) in [5, 5.41) is 14.8. The van der Waals surface area contributed by atoms with Gasteiger partial charge in [-0.3, -0.25) is 14.2 Å². The number of hydrogen-bond donors (Lipinski definition) is 3. The van der Waals surface area contributed by atoms with Gasteiger partial charge in [-0.15, -0.1) is 0 Å². The minimum absolute atomic E-state index is 0.0831. The Hall–Kier alpha value is -3.66. The predicted molar refractivity (Wildman–Crippen MR) is 137 cm³/mol. The SMILES string of the molecule is COC(C)CCn1c(=O)c(C2=NP(=O)(OC)c3cc(OCC(N)=O)ccc3N2)c(O)c2ccccc21. The molecule has 11 nitrogen and oxygen atoms in total. The molecule has 3 aromatic rings. The molecule has 0 aliphatic carbocycles. The lowest BCUT2D eigenvalue weighted by molar-refractivity contribution is -0.119. The van der Waals surface area contributed by atoms with Crippen molar-refractivity contribution in [3.63, 3.8) is 0 Å². The van der Waals surface area contributed by atoms with Gasteiger partial charge in [-0.25, -0.2) is 0 Å². The van der Waals surface area contributed by atoms with Gasteiger partial charge >= 0.3 is 7.52 Å². The smallest absolute Gasteiger partial charge is 0.348 e. The molecule has 1 aromatic heterocycles. The second-order valence-corrected chi connectivity index (χ2v) is 10.3. The van der Waals surface area contributed by atoms with E-state index in [2.05, 4.69) is 10.1 Å². The summed E-state index contributed by atoms with van der Waals surface area (Å²) in [6.45, 7) is 1.87. The van der Waals surface area contributed by atoms with E-state index in [0.29, 0.717) is 29.6 Å². The number of methoxy groups -OCH3 is 1. The number of aromatic hydroxyl groups is 1. The summed E-state index contributed by atoms with van der Waals surface area (Å²) in [4.78, 5) is 24.7. The molecule has 1 aliphatic heterocycles. The number of nitrogens with one attached hydrogen (secondary N) is 1. The van der Waals surface area contributed by atoms with Gasteiger partial charge in [-0.1, -0.05) is 12.1 Å². The van der Waals surface area contributed by atoms with Crippen molar-refractivity contribution < 1.29 is 28.5 Å². The Balaban J connectivity index is 1.85. The van der Waals surface area contributed by atoms with Crippen LogP contribution in [0.15, 0.2) is 52.0 Å². The first kappa shape index (κ1) is 25.4. The third-order valence-corrected chi connectivity index (χ3v) is 7.87. The highest BCUT2D eigenvalue weighted by Gasteiger charge is 2.35. The summed E-state index contributed by atoms with van der Waals surface area (Å²) in [6, 6.07) is 11.5. The monoisotopic (exact) mass is 514 g/mol. The lowest BCUT2D eigenvalue weighted by atomic mass is 10.1. The Bertz CT molecular complexity index is 1470. The standard InChI is InChI=1S/C24H27N4O7P/c1-14(33-2)10-11-28-18-7-5-4-6-16(18)22(30)21(24(28)31)23-26-17-9-8-15(35-13-20(25)29)12-19(17)36(32,27-23)34-3/h4-9,12,14,30H,10-11,13H2,1-3H3,(H2,25,29)(H,26,27,32). The summed E-state index contributed by atoms with van der Waals surface area (Å²) in [5.41, 5.74) is 5.39. The first-order valence-electron chi connectivity index (χ1n) is 11.1. The summed E-state index contributed by atoms with van der Waals surface area (Å²) in [7, 11) is -1.05. The normalized spacial score (nSPS) is 17.7. The number of carbonyl (C=O) groups is 1. The summed E-state index contributed by atoms with van der Waals surface area (Å²) < 4.78 is 35.5. The fourth-order valence-electron chi connectivity index (χ4n) is 3.94. The van der Waals surface area contributed by atoms with Gasteiger partial charge in [0.1, 0.15) is 17.1 Å². The lowest BCUT2D eigenvalue weighted by Gasteiger charge is -2.25. The number of benzene rings is 2. The van der Waals surface area contributed by atoms with Crippen molar-refractivity contribution in [3.05, 3.63) is 58.4 Å². The number of ether oxygens (including phenoxy) is 2. The maximum atomic E-state index is 13.7. The third kappa shape index (κ3) is 4.73. The van der Waals surface area contributed by atoms with Crippen LogP contribution in [0.2, 0.25) is 0 Å². The van der Waals surface area contributed by atoms with Crippen molar-refractivity contribution in [2.24, 2.45) is 10.5 Å². The van der Waals surface area contributed by atoms with E-state index in [9.17, 15) is 19.3 Å². The van der Waals surface area contributed by atoms with Crippen LogP contribution in [0.5, 0.6) is 11.5 Å². The highest BCUT2D eigenvalue weighted by atomic mass is 31.2. The largest absolute Gasteiger partial charge is 0.506 e. The van der Waals surface area contributed by atoms with E-state index in [1.165, 1.54) is 17.7 Å². The Labute approximate surface area is 207 Å². The molecule has 0 saturated heterocycles. The highest BCUT2D eigenvalue weighted by Crippen LogP contribution is 2.52. The fraction of sp³-hybridized carbons (Fsp3) is 0.292. The minimum Gasteiger partial charge on any atom is -0.506 e. The molecule has 0 saturated carbocycles. The van der Waals surface area contributed by atoms with E-state index in [0.717, 1.165) is 0 Å². The highest BCUT2D eigenvalue weighted by molar-refractivity contribution is 7.66. The average molecular weight is 514 g/mol. The van der Waals surface area contributed by atoms with Crippen molar-refractivity contribution >= 4 is 41.2 Å². The van der Waals surface area contributed by atoms with Gasteiger partial charge in [0.25, 0.3) is 11.5 Å². The molecular weight excluding hydrogens is 487 g/mol. The van der Waals surface area contributed by atoms with Crippen LogP contribution in [0.25, 0.3) is 10.9 Å². The van der Waals surface area contributed by atoms with E-state index >= 15 is 0 Å². The van der Waals surface area contributed by atoms with Crippen LogP contribution in [0.4, 0.5) is 5.69 Å². The molecule has 190 valence electrons. The van der Waals surface area contributed by atoms with Crippen molar-refractivity contribution in [1.82, 2.24) is 4.57 Å². The van der Waals surface area contributed by atoms with Crippen molar-refractivity contribution in [3.8, 4) is 11.5 Å². The van der Waals surface area contributed by atoms with Crippen molar-refractivity contribution in [2.75, 3.05) is 26.1 Å². The van der Waals surface area contributed by atoms with Crippen molar-refractivity contribution in [2.45, 2.75) is 26.0 Å². The van der Waals surface area contributed by atoms with Gasteiger partial charge in [-0.05, 0) is 43.7 Å². The number of nitrogens with two attached hydrogens (primary N) is 1. The maximum Gasteiger partial charge on any atom is 0.348 e. The molecule has 0 fully saturated rings. The Kier molecular flexibility index (Phi) is 7.16. The number of rotatable bonds is 9. The van der Waals surface area contributed by atoms with Crippen LogP contribution in [0.1, 0.15) is 18.9 Å². The Morgan fingerprint density at radius 1 is 1.25 bits per heavy atom. The molecule has 12 heteroatoms. The van der Waals surface area contributed by atoms with Gasteiger partial charge in [0, 0.05) is 26.2 Å². The third-order valence-electron chi connectivity index (χ3n) is 5.93. The molecule has 2 unspecified atom stereocenters. The molecule has 1 aliphatic rings. The van der Waals surface area contributed by atoms with Gasteiger partial charge in [0.15, 0.2) is 12.4 Å². The second-order valence-electron chi connectivity index (χ2n) is 8.24. The number of pyridine rings is 1. The minimum atomic E-state index is -3.88. The van der Waals surface area contributed by atoms with Crippen molar-refractivity contribution in [1.29, 1.82) is 0 Å². The molecule has 0 spiro atoms. The first-order chi connectivity index (χ1) is 17.2. The zero-order valence-corrected chi connectivity index (χ0v) is 21.0. The number of amides is 1. The number of nitrogens with zero attached hydrogens (tertiary/aromatic N) is 2. The zero-order chi connectivity index (χ0) is 26.0. The van der Waals surface area contributed by atoms with Gasteiger partial charge in [0.05, 0.1) is 22.6 Å². The van der Waals surface area contributed by atoms with E-state index in [1.807, 2.05) is 6.92 Å². The topological polar surface area (TPSA) is 154 Å². The predicted octanol–water partition coefficient (Wildman–Crippen LogP) is 2.33. The average Bonchev–Trinajstić information content (AvgIpc) is 2.87. The molecular formula is C24H27N4O7P. The quantitative estimate of drug-likeness (QED) is 0.368. The molecule has 2 aromatic carbocycles. The van der Waals surface area contributed by atoms with Crippen LogP contribution in [0, 0.1) is 0 Å². The van der Waals surface area contributed by atoms with Crippen LogP contribution in [-0.4, -0.2) is 48.3 Å². The van der Waals surface area contributed by atoms with Gasteiger partial charge in [-0.2, -0.15) is 4.76 Å². The van der Waals surface area contributed by atoms with Crippen LogP contribution in [-0.2, 0) is 25.2 Å². The summed E-state index contributed by atoms with van der Waals surface area (Å²) in [5.74, 6) is -0.789. The van der Waals surface area contributed by atoms with Gasteiger partial charge < -0.3 is 34.7 Å². The Morgan fingerprint density at radius 2 is 2.00 bits per heavy atom. The number of aromatic nitrogens is 1. The molecule has 36 heavy (non-hydrogen) atoms. The number of amidine groups is 1. The summed E-state index contributed by atoms with van der Waals surface area (Å²) in [6.07, 6.45) is 0.461. The number of fused-ring (bicyclic) bond motifs is 2. The first-order valence-corrected chi connectivity index (χ1v) is 12.7. The van der Waals surface area contributed by atoms with Gasteiger partial charge in [0.2, 0.25) is 0 Å². The molecule has 2 heterocycles. The Morgan fingerprint density at radius 3 is 2.69 bits per heavy atom. The molecule has 1 amide bonds. The van der Waals surface area contributed by atoms with E-state index in [-0.39, 0.29) is 40.9 Å². The second kappa shape index (κ2) is 10.1. The summed E-state index contributed by atoms with van der Waals surface area (Å²) >= 11 is 0. The van der Waals surface area contributed by atoms with E-state index < -0.39 is 19.0 Å². The molecule has 4 N–H and O–H groups in total.